The number of nitrogens with zero attached hydrogens (tertiary/aromatic N) is 3. The van der Waals surface area contributed by atoms with Crippen molar-refractivity contribution in [2.75, 3.05) is 16.3 Å². The van der Waals surface area contributed by atoms with Gasteiger partial charge in [0.25, 0.3) is 0 Å². The largest absolute Gasteiger partial charge is 0.385 e. The van der Waals surface area contributed by atoms with Gasteiger partial charge >= 0.3 is 0 Å². The van der Waals surface area contributed by atoms with E-state index >= 15 is 0 Å². The number of nitrogens with one attached hydrogen (secondary N) is 1. The van der Waals surface area contributed by atoms with Crippen molar-refractivity contribution < 1.29 is 0 Å². The first-order valence-electron chi connectivity index (χ1n) is 21.1. The molecule has 290 valence electrons. The summed E-state index contributed by atoms with van der Waals surface area (Å²) in [5.41, 5.74) is 15.7. The van der Waals surface area contributed by atoms with Gasteiger partial charge in [-0.2, -0.15) is 0 Å². The number of benzene rings is 8. The van der Waals surface area contributed by atoms with Crippen molar-refractivity contribution in [1.29, 1.82) is 0 Å². The van der Waals surface area contributed by atoms with Crippen LogP contribution in [0, 0.1) is 6.92 Å². The minimum absolute atomic E-state index is 0.0138. The fourth-order valence-corrected chi connectivity index (χ4v) is 9.89. The molecule has 0 atom stereocenters. The van der Waals surface area contributed by atoms with Crippen molar-refractivity contribution in [3.8, 4) is 22.3 Å². The molecule has 0 bridgehead atoms. The molecule has 0 spiro atoms. The highest BCUT2D eigenvalue weighted by Gasteiger charge is 2.34. The van der Waals surface area contributed by atoms with Gasteiger partial charge in [0.05, 0.1) is 29.8 Å². The summed E-state index contributed by atoms with van der Waals surface area (Å²) in [6.45, 7) is 7.89. The molecular formula is C56H46N4. The quantitative estimate of drug-likeness (QED) is 0.156. The van der Waals surface area contributed by atoms with E-state index in [-0.39, 0.29) is 5.41 Å². The molecule has 4 heteroatoms. The molecule has 1 aromatic heterocycles. The molecule has 2 heterocycles. The summed E-state index contributed by atoms with van der Waals surface area (Å²) in [7, 11) is 0. The van der Waals surface area contributed by atoms with E-state index in [4.69, 9.17) is 0 Å². The van der Waals surface area contributed by atoms with Crippen LogP contribution in [-0.2, 0) is 11.8 Å². The molecule has 1 aliphatic heterocycles. The van der Waals surface area contributed by atoms with Crippen LogP contribution in [0.1, 0.15) is 37.0 Å². The first kappa shape index (κ1) is 36.0. The smallest absolute Gasteiger partial charge is 0.0645 e. The van der Waals surface area contributed by atoms with Gasteiger partial charge in [0, 0.05) is 39.4 Å². The Morgan fingerprint density at radius 1 is 0.567 bits per heavy atom. The summed E-state index contributed by atoms with van der Waals surface area (Å²) < 4.78 is 0. The molecule has 1 aliphatic carbocycles. The Morgan fingerprint density at radius 3 is 1.88 bits per heavy atom. The maximum Gasteiger partial charge on any atom is 0.0645 e. The fraction of sp³-hybridized carbons (Fsp3) is 0.125. The number of hydrogen-bond donors (Lipinski definition) is 1. The van der Waals surface area contributed by atoms with Crippen LogP contribution in [-0.4, -0.2) is 11.5 Å². The van der Waals surface area contributed by atoms with Gasteiger partial charge in [-0.25, -0.2) is 0 Å². The first-order valence-corrected chi connectivity index (χ1v) is 21.1. The number of anilines is 5. The van der Waals surface area contributed by atoms with Crippen LogP contribution in [0.15, 0.2) is 188 Å². The second-order valence-corrected chi connectivity index (χ2v) is 17.0. The summed E-state index contributed by atoms with van der Waals surface area (Å²) >= 11 is 0. The normalized spacial score (nSPS) is 14.3. The third-order valence-electron chi connectivity index (χ3n) is 12.9. The Balaban J connectivity index is 1.22. The zero-order valence-electron chi connectivity index (χ0n) is 34.3. The minimum Gasteiger partial charge on any atom is -0.385 e. The lowest BCUT2D eigenvalue weighted by Crippen LogP contribution is -2.27. The second kappa shape index (κ2) is 14.3. The van der Waals surface area contributed by atoms with Crippen molar-refractivity contribution in [1.82, 2.24) is 10.3 Å². The van der Waals surface area contributed by atoms with Crippen LogP contribution < -0.4 is 15.1 Å². The molecule has 0 radical (unpaired) electrons. The molecule has 0 fully saturated rings. The fourth-order valence-electron chi connectivity index (χ4n) is 9.89. The van der Waals surface area contributed by atoms with Gasteiger partial charge in [0.15, 0.2) is 0 Å². The van der Waals surface area contributed by atoms with Crippen molar-refractivity contribution in [3.63, 3.8) is 0 Å². The minimum atomic E-state index is -0.0138. The monoisotopic (exact) mass is 774 g/mol. The van der Waals surface area contributed by atoms with Crippen molar-refractivity contribution in [2.45, 2.75) is 39.0 Å². The molecule has 4 nitrogen and oxygen atoms in total. The predicted molar refractivity (Wildman–Crippen MR) is 253 cm³/mol. The van der Waals surface area contributed by atoms with Gasteiger partial charge < -0.3 is 15.1 Å². The summed E-state index contributed by atoms with van der Waals surface area (Å²) in [4.78, 5) is 9.60. The SMILES string of the molecule is Cc1cc(N(c2cccnc2)c2cccc(-c3ccccc3)c2)c2cc3c4c(cc(N(C5=CC=CNC5)c5cccc(-c6ccccc6)c5)c5ccc1c2c54)CCC3(C)C. The number of aromatic nitrogens is 1. The first-order chi connectivity index (χ1) is 29.4. The van der Waals surface area contributed by atoms with Crippen LogP contribution >= 0.6 is 0 Å². The Hall–Kier alpha value is -7.17. The van der Waals surface area contributed by atoms with Gasteiger partial charge in [0.2, 0.25) is 0 Å². The highest BCUT2D eigenvalue weighted by molar-refractivity contribution is 6.30. The summed E-state index contributed by atoms with van der Waals surface area (Å²) in [6, 6.07) is 55.8. The van der Waals surface area contributed by atoms with Gasteiger partial charge in [0.1, 0.15) is 0 Å². The second-order valence-electron chi connectivity index (χ2n) is 17.0. The van der Waals surface area contributed by atoms with E-state index in [1.807, 2.05) is 24.7 Å². The summed E-state index contributed by atoms with van der Waals surface area (Å²) in [5, 5.41) is 11.5. The lowest BCUT2D eigenvalue weighted by atomic mass is 9.70. The Labute approximate surface area is 352 Å². The lowest BCUT2D eigenvalue weighted by Gasteiger charge is -2.37. The third kappa shape index (κ3) is 5.93. The summed E-state index contributed by atoms with van der Waals surface area (Å²) in [6.07, 6.45) is 12.4. The number of hydrogen-bond acceptors (Lipinski definition) is 4. The van der Waals surface area contributed by atoms with Crippen LogP contribution in [0.5, 0.6) is 0 Å². The van der Waals surface area contributed by atoms with Gasteiger partial charge in [-0.3, -0.25) is 4.98 Å². The standard InChI is InChI=1S/C56H46N4/c1-37-30-51(59(45-22-12-28-57-35-45)43-20-10-18-40(31-43)38-14-6-4-7-15-38)49-34-50-53-42(26-27-56(50,2)3)33-52(48-25-24-47(37)54(49)55(48)53)60(46-23-13-29-58-36-46)44-21-11-19-41(32-44)39-16-8-5-9-17-39/h4-25,28-35,58H,26-27,36H2,1-3H3. The molecule has 0 amide bonds. The number of allylic oxidation sites excluding steroid dienone is 2. The average molecular weight is 775 g/mol. The molecule has 0 saturated heterocycles. The van der Waals surface area contributed by atoms with Gasteiger partial charge in [-0.15, -0.1) is 0 Å². The lowest BCUT2D eigenvalue weighted by molar-refractivity contribution is 0.475. The highest BCUT2D eigenvalue weighted by Crippen LogP contribution is 2.53. The van der Waals surface area contributed by atoms with E-state index in [9.17, 15) is 0 Å². The van der Waals surface area contributed by atoms with Crippen LogP contribution in [0.2, 0.25) is 0 Å². The maximum absolute atomic E-state index is 4.67. The van der Waals surface area contributed by atoms with Crippen LogP contribution in [0.4, 0.5) is 28.4 Å². The van der Waals surface area contributed by atoms with Crippen molar-refractivity contribution in [2.24, 2.45) is 0 Å². The number of dihydropyridines is 1. The Kier molecular flexibility index (Phi) is 8.56. The van der Waals surface area contributed by atoms with E-state index in [0.717, 1.165) is 42.1 Å². The summed E-state index contributed by atoms with van der Waals surface area (Å²) in [5.74, 6) is 0. The topological polar surface area (TPSA) is 31.4 Å². The molecular weight excluding hydrogens is 729 g/mol. The number of aryl methyl sites for hydroxylation is 2. The molecule has 0 saturated carbocycles. The molecule has 9 aromatic rings. The highest BCUT2D eigenvalue weighted by atomic mass is 15.2. The third-order valence-corrected chi connectivity index (χ3v) is 12.9. The average Bonchev–Trinajstić information content (AvgIpc) is 3.30. The molecule has 0 unspecified atom stereocenters. The van der Waals surface area contributed by atoms with Gasteiger partial charge in [-0.05, 0) is 153 Å². The Morgan fingerprint density at radius 2 is 1.22 bits per heavy atom. The Bertz CT molecular complexity index is 3130. The molecule has 1 N–H and O–H groups in total. The van der Waals surface area contributed by atoms with Crippen LogP contribution in [0.3, 0.4) is 0 Å². The maximum atomic E-state index is 4.67. The molecule has 11 rings (SSSR count). The molecule has 60 heavy (non-hydrogen) atoms. The van der Waals surface area contributed by atoms with E-state index in [1.165, 1.54) is 82.6 Å². The molecule has 8 aromatic carbocycles. The van der Waals surface area contributed by atoms with Crippen LogP contribution in [0.25, 0.3) is 54.6 Å². The molecule has 2 aliphatic rings. The number of rotatable bonds is 8. The van der Waals surface area contributed by atoms with Crippen molar-refractivity contribution >= 4 is 60.8 Å². The van der Waals surface area contributed by atoms with E-state index < -0.39 is 0 Å². The van der Waals surface area contributed by atoms with E-state index in [1.54, 1.807) is 0 Å². The van der Waals surface area contributed by atoms with E-state index in [2.05, 4.69) is 199 Å². The zero-order valence-corrected chi connectivity index (χ0v) is 34.3. The zero-order chi connectivity index (χ0) is 40.4. The predicted octanol–water partition coefficient (Wildman–Crippen LogP) is 14.5. The van der Waals surface area contributed by atoms with Gasteiger partial charge in [-0.1, -0.05) is 111 Å². The van der Waals surface area contributed by atoms with Crippen molar-refractivity contribution in [3.05, 3.63) is 205 Å². The van der Waals surface area contributed by atoms with E-state index in [0.29, 0.717) is 0 Å². The number of pyridine rings is 1.